The van der Waals surface area contributed by atoms with Crippen LogP contribution in [0.3, 0.4) is 0 Å². The Kier molecular flexibility index (Phi) is 8.12. The van der Waals surface area contributed by atoms with Crippen LogP contribution in [-0.2, 0) is 22.3 Å². The molecule has 0 unspecified atom stereocenters. The number of carbonyl (C=O) groups excluding carboxylic acids is 2. The number of benzene rings is 1. The summed E-state index contributed by atoms with van der Waals surface area (Å²) in [5.74, 6) is 0.108. The van der Waals surface area contributed by atoms with Gasteiger partial charge in [-0.05, 0) is 31.2 Å². The van der Waals surface area contributed by atoms with Crippen molar-refractivity contribution in [2.75, 3.05) is 18.5 Å². The summed E-state index contributed by atoms with van der Waals surface area (Å²) in [6.45, 7) is 2.52. The van der Waals surface area contributed by atoms with Crippen LogP contribution in [0.1, 0.15) is 34.8 Å². The first-order valence-corrected chi connectivity index (χ1v) is 10.4. The van der Waals surface area contributed by atoms with E-state index in [1.807, 2.05) is 0 Å². The summed E-state index contributed by atoms with van der Waals surface area (Å²) >= 11 is 0. The van der Waals surface area contributed by atoms with E-state index >= 15 is 0 Å². The number of alkyl halides is 3. The molecule has 0 aliphatic rings. The van der Waals surface area contributed by atoms with Crippen molar-refractivity contribution in [2.45, 2.75) is 26.1 Å². The summed E-state index contributed by atoms with van der Waals surface area (Å²) in [4.78, 5) is 36.0. The molecule has 0 saturated carbocycles. The van der Waals surface area contributed by atoms with Gasteiger partial charge >= 0.3 is 12.1 Å². The van der Waals surface area contributed by atoms with Crippen LogP contribution in [0.25, 0.3) is 11.4 Å². The van der Waals surface area contributed by atoms with Gasteiger partial charge in [-0.25, -0.2) is 15.0 Å². The first-order chi connectivity index (χ1) is 16.3. The van der Waals surface area contributed by atoms with Crippen molar-refractivity contribution in [1.82, 2.24) is 20.3 Å². The maximum absolute atomic E-state index is 12.7. The Morgan fingerprint density at radius 2 is 1.68 bits per heavy atom. The van der Waals surface area contributed by atoms with Gasteiger partial charge in [-0.2, -0.15) is 13.2 Å². The molecule has 11 heteroatoms. The molecule has 0 aliphatic heterocycles. The second-order valence-corrected chi connectivity index (χ2v) is 7.09. The second kappa shape index (κ2) is 11.2. The van der Waals surface area contributed by atoms with E-state index in [2.05, 4.69) is 25.6 Å². The van der Waals surface area contributed by atoms with Crippen LogP contribution in [0, 0.1) is 0 Å². The van der Waals surface area contributed by atoms with Crippen LogP contribution in [0.2, 0.25) is 0 Å². The predicted octanol–water partition coefficient (Wildman–Crippen LogP) is 3.85. The van der Waals surface area contributed by atoms with Gasteiger partial charge in [-0.3, -0.25) is 9.59 Å². The maximum atomic E-state index is 12.7. The predicted molar refractivity (Wildman–Crippen MR) is 118 cm³/mol. The Morgan fingerprint density at radius 1 is 0.971 bits per heavy atom. The topological polar surface area (TPSA) is 106 Å². The van der Waals surface area contributed by atoms with Crippen LogP contribution in [-0.4, -0.2) is 40.0 Å². The zero-order valence-corrected chi connectivity index (χ0v) is 18.2. The number of hydrogen-bond acceptors (Lipinski definition) is 7. The average Bonchev–Trinajstić information content (AvgIpc) is 2.83. The van der Waals surface area contributed by atoms with E-state index in [0.717, 1.165) is 17.7 Å². The fourth-order valence-electron chi connectivity index (χ4n) is 2.84. The number of anilines is 1. The number of halogens is 3. The van der Waals surface area contributed by atoms with E-state index in [9.17, 15) is 22.8 Å². The second-order valence-electron chi connectivity index (χ2n) is 7.09. The standard InChI is InChI=1S/C23H22F3N5O3/c1-2-34-20(32)9-10-27-22(33)17-5-8-19(29-14-17)28-11-15-12-30-21(31-13-15)16-3-6-18(7-4-16)23(24,25)26/h3-8,12-14H,2,9-11H2,1H3,(H,27,33)(H,28,29). The highest BCUT2D eigenvalue weighted by Crippen LogP contribution is 2.30. The number of amides is 1. The maximum Gasteiger partial charge on any atom is 0.416 e. The van der Waals surface area contributed by atoms with Gasteiger partial charge in [0.15, 0.2) is 5.82 Å². The SMILES string of the molecule is CCOC(=O)CCNC(=O)c1ccc(NCc2cnc(-c3ccc(C(F)(F)F)cc3)nc2)nc1. The van der Waals surface area contributed by atoms with Gasteiger partial charge in [0.25, 0.3) is 5.91 Å². The van der Waals surface area contributed by atoms with Crippen LogP contribution < -0.4 is 10.6 Å². The minimum absolute atomic E-state index is 0.0897. The van der Waals surface area contributed by atoms with Crippen LogP contribution in [0.15, 0.2) is 55.0 Å². The summed E-state index contributed by atoms with van der Waals surface area (Å²) in [6.07, 6.45) is 0.240. The zero-order chi connectivity index (χ0) is 24.6. The van der Waals surface area contributed by atoms with E-state index in [4.69, 9.17) is 4.74 Å². The Balaban J connectivity index is 1.50. The lowest BCUT2D eigenvalue weighted by Crippen LogP contribution is -2.26. The Morgan fingerprint density at radius 3 is 2.26 bits per heavy atom. The number of esters is 1. The third-order valence-electron chi connectivity index (χ3n) is 4.60. The first-order valence-electron chi connectivity index (χ1n) is 10.4. The fraction of sp³-hybridized carbons (Fsp3) is 0.261. The third-order valence-corrected chi connectivity index (χ3v) is 4.60. The summed E-state index contributed by atoms with van der Waals surface area (Å²) in [7, 11) is 0. The van der Waals surface area contributed by atoms with Crippen molar-refractivity contribution in [3.05, 3.63) is 71.7 Å². The van der Waals surface area contributed by atoms with Gasteiger partial charge in [0.2, 0.25) is 0 Å². The molecular formula is C23H22F3N5O3. The number of carbonyl (C=O) groups is 2. The number of aromatic nitrogens is 3. The summed E-state index contributed by atoms with van der Waals surface area (Å²) < 4.78 is 42.8. The molecule has 1 aromatic carbocycles. The van der Waals surface area contributed by atoms with E-state index in [1.54, 1.807) is 31.5 Å². The number of hydrogen-bond donors (Lipinski definition) is 2. The van der Waals surface area contributed by atoms with Gasteiger partial charge < -0.3 is 15.4 Å². The molecule has 0 saturated heterocycles. The first kappa shape index (κ1) is 24.6. The van der Waals surface area contributed by atoms with Gasteiger partial charge in [-0.15, -0.1) is 0 Å². The lowest BCUT2D eigenvalue weighted by atomic mass is 10.1. The Labute approximate surface area is 193 Å². The van der Waals surface area contributed by atoms with Crippen LogP contribution >= 0.6 is 0 Å². The van der Waals surface area contributed by atoms with Crippen molar-refractivity contribution in [3.8, 4) is 11.4 Å². The lowest BCUT2D eigenvalue weighted by Gasteiger charge is -2.09. The van der Waals surface area contributed by atoms with E-state index < -0.39 is 11.7 Å². The molecule has 0 bridgehead atoms. The van der Waals surface area contributed by atoms with E-state index in [0.29, 0.717) is 35.9 Å². The number of rotatable bonds is 9. The van der Waals surface area contributed by atoms with E-state index in [1.165, 1.54) is 18.3 Å². The molecule has 0 fully saturated rings. The highest BCUT2D eigenvalue weighted by Gasteiger charge is 2.30. The van der Waals surface area contributed by atoms with Crippen molar-refractivity contribution in [3.63, 3.8) is 0 Å². The molecule has 3 rings (SSSR count). The van der Waals surface area contributed by atoms with Gasteiger partial charge in [0.05, 0.1) is 24.2 Å². The molecule has 0 spiro atoms. The van der Waals surface area contributed by atoms with Gasteiger partial charge in [-0.1, -0.05) is 12.1 Å². The molecular weight excluding hydrogens is 451 g/mol. The molecule has 2 N–H and O–H groups in total. The zero-order valence-electron chi connectivity index (χ0n) is 18.2. The third kappa shape index (κ3) is 6.99. The molecule has 2 heterocycles. The quantitative estimate of drug-likeness (QED) is 0.455. The molecule has 2 aromatic heterocycles. The molecule has 178 valence electrons. The monoisotopic (exact) mass is 473 g/mol. The van der Waals surface area contributed by atoms with Crippen LogP contribution in [0.5, 0.6) is 0 Å². The highest BCUT2D eigenvalue weighted by atomic mass is 19.4. The van der Waals surface area contributed by atoms with E-state index in [-0.39, 0.29) is 24.8 Å². The molecule has 0 atom stereocenters. The number of nitrogens with zero attached hydrogens (tertiary/aromatic N) is 3. The van der Waals surface area contributed by atoms with Crippen molar-refractivity contribution >= 4 is 17.7 Å². The number of ether oxygens (including phenoxy) is 1. The largest absolute Gasteiger partial charge is 0.466 e. The van der Waals surface area contributed by atoms with Crippen molar-refractivity contribution < 1.29 is 27.5 Å². The summed E-state index contributed by atoms with van der Waals surface area (Å²) in [5.41, 5.74) is 0.826. The minimum Gasteiger partial charge on any atom is -0.466 e. The molecule has 0 radical (unpaired) electrons. The Bertz CT molecular complexity index is 1100. The Hall–Kier alpha value is -4.02. The molecule has 0 aliphatic carbocycles. The smallest absolute Gasteiger partial charge is 0.416 e. The van der Waals surface area contributed by atoms with Crippen LogP contribution in [0.4, 0.5) is 19.0 Å². The average molecular weight is 473 g/mol. The van der Waals surface area contributed by atoms with Crippen molar-refractivity contribution in [2.24, 2.45) is 0 Å². The summed E-state index contributed by atoms with van der Waals surface area (Å²) in [5, 5.41) is 5.70. The number of nitrogens with one attached hydrogen (secondary N) is 2. The lowest BCUT2D eigenvalue weighted by molar-refractivity contribution is -0.143. The minimum atomic E-state index is -4.39. The normalized spacial score (nSPS) is 11.1. The number of pyridine rings is 1. The van der Waals surface area contributed by atoms with Crippen molar-refractivity contribution in [1.29, 1.82) is 0 Å². The van der Waals surface area contributed by atoms with Gasteiger partial charge in [0, 0.05) is 42.8 Å². The highest BCUT2D eigenvalue weighted by molar-refractivity contribution is 5.94. The molecule has 8 nitrogen and oxygen atoms in total. The summed E-state index contributed by atoms with van der Waals surface area (Å²) in [6, 6.07) is 7.87. The molecule has 34 heavy (non-hydrogen) atoms. The molecule has 1 amide bonds. The molecule has 3 aromatic rings. The fourth-order valence-corrected chi connectivity index (χ4v) is 2.84. The van der Waals surface area contributed by atoms with Gasteiger partial charge in [0.1, 0.15) is 5.82 Å².